The standard InChI is InChI=1S/C11H18N6O/c1-8-7-16(2)3-4-17(8)11(18)9-5-13-6-10(14-9)15-12/h5-6,8H,3-4,7,12H2,1-2H3,(H,14,15). The van der Waals surface area contributed by atoms with Crippen molar-refractivity contribution in [3.8, 4) is 0 Å². The van der Waals surface area contributed by atoms with Crippen molar-refractivity contribution in [2.45, 2.75) is 13.0 Å². The second-order valence-electron chi connectivity index (χ2n) is 4.54. The highest BCUT2D eigenvalue weighted by Gasteiger charge is 2.27. The summed E-state index contributed by atoms with van der Waals surface area (Å²) >= 11 is 0. The van der Waals surface area contributed by atoms with Gasteiger partial charge < -0.3 is 15.2 Å². The number of likely N-dealkylation sites (N-methyl/N-ethyl adjacent to an activating group) is 1. The minimum absolute atomic E-state index is 0.0970. The molecule has 1 fully saturated rings. The first-order chi connectivity index (χ1) is 8.61. The van der Waals surface area contributed by atoms with Gasteiger partial charge >= 0.3 is 0 Å². The highest BCUT2D eigenvalue weighted by molar-refractivity contribution is 5.92. The first kappa shape index (κ1) is 12.7. The lowest BCUT2D eigenvalue weighted by molar-refractivity contribution is 0.0527. The normalized spacial score (nSPS) is 20.8. The van der Waals surface area contributed by atoms with Crippen LogP contribution in [0, 0.1) is 0 Å². The second kappa shape index (κ2) is 5.28. The smallest absolute Gasteiger partial charge is 0.274 e. The molecule has 0 radical (unpaired) electrons. The number of carbonyl (C=O) groups excluding carboxylic acids is 1. The molecule has 1 aliphatic heterocycles. The van der Waals surface area contributed by atoms with Gasteiger partial charge in [-0.05, 0) is 14.0 Å². The largest absolute Gasteiger partial charge is 0.332 e. The number of hydrogen-bond donors (Lipinski definition) is 2. The molecule has 0 saturated carbocycles. The Morgan fingerprint density at radius 3 is 2.94 bits per heavy atom. The van der Waals surface area contributed by atoms with Crippen molar-refractivity contribution >= 4 is 11.7 Å². The predicted octanol–water partition coefficient (Wildman–Crippen LogP) is -0.462. The van der Waals surface area contributed by atoms with E-state index in [1.54, 1.807) is 0 Å². The zero-order valence-electron chi connectivity index (χ0n) is 10.6. The highest BCUT2D eigenvalue weighted by atomic mass is 16.2. The van der Waals surface area contributed by atoms with Crippen LogP contribution in [-0.4, -0.2) is 58.4 Å². The molecule has 0 spiro atoms. The van der Waals surface area contributed by atoms with E-state index in [9.17, 15) is 4.79 Å². The second-order valence-corrected chi connectivity index (χ2v) is 4.54. The third kappa shape index (κ3) is 2.57. The third-order valence-corrected chi connectivity index (χ3v) is 3.09. The summed E-state index contributed by atoms with van der Waals surface area (Å²) in [4.78, 5) is 24.4. The molecule has 1 aromatic rings. The maximum absolute atomic E-state index is 12.3. The first-order valence-corrected chi connectivity index (χ1v) is 5.90. The fourth-order valence-corrected chi connectivity index (χ4v) is 2.13. The molecule has 1 aliphatic rings. The van der Waals surface area contributed by atoms with Crippen molar-refractivity contribution in [3.05, 3.63) is 18.1 Å². The lowest BCUT2D eigenvalue weighted by Crippen LogP contribution is -2.52. The molecule has 7 heteroatoms. The lowest BCUT2D eigenvalue weighted by atomic mass is 10.2. The maximum Gasteiger partial charge on any atom is 0.274 e. The van der Waals surface area contributed by atoms with E-state index in [1.165, 1.54) is 12.4 Å². The van der Waals surface area contributed by atoms with Crippen LogP contribution in [0.25, 0.3) is 0 Å². The average molecular weight is 250 g/mol. The lowest BCUT2D eigenvalue weighted by Gasteiger charge is -2.37. The molecule has 1 unspecified atom stereocenters. The van der Waals surface area contributed by atoms with Crippen LogP contribution in [0.4, 0.5) is 5.82 Å². The van der Waals surface area contributed by atoms with Gasteiger partial charge in [0.1, 0.15) is 5.69 Å². The van der Waals surface area contributed by atoms with Crippen molar-refractivity contribution < 1.29 is 4.79 Å². The van der Waals surface area contributed by atoms with E-state index in [-0.39, 0.29) is 11.9 Å². The van der Waals surface area contributed by atoms with E-state index in [2.05, 4.69) is 27.3 Å². The molecule has 2 rings (SSSR count). The molecule has 1 aromatic heterocycles. The topological polar surface area (TPSA) is 87.4 Å². The van der Waals surface area contributed by atoms with Gasteiger partial charge in [0.15, 0.2) is 5.82 Å². The summed E-state index contributed by atoms with van der Waals surface area (Å²) in [6, 6.07) is 0.174. The van der Waals surface area contributed by atoms with Crippen molar-refractivity contribution in [1.82, 2.24) is 19.8 Å². The van der Waals surface area contributed by atoms with Crippen LogP contribution in [0.5, 0.6) is 0 Å². The van der Waals surface area contributed by atoms with Crippen LogP contribution in [0.15, 0.2) is 12.4 Å². The molecular weight excluding hydrogens is 232 g/mol. The minimum atomic E-state index is -0.0970. The van der Waals surface area contributed by atoms with Crippen molar-refractivity contribution in [1.29, 1.82) is 0 Å². The van der Waals surface area contributed by atoms with E-state index < -0.39 is 0 Å². The Balaban J connectivity index is 2.15. The Labute approximate surface area is 106 Å². The summed E-state index contributed by atoms with van der Waals surface area (Å²) in [5, 5.41) is 0. The number of nitrogens with two attached hydrogens (primary N) is 1. The molecule has 1 atom stereocenters. The number of amides is 1. The van der Waals surface area contributed by atoms with Gasteiger partial charge in [0.05, 0.1) is 12.4 Å². The monoisotopic (exact) mass is 250 g/mol. The number of anilines is 1. The van der Waals surface area contributed by atoms with Crippen molar-refractivity contribution in [3.63, 3.8) is 0 Å². The number of nitrogens with one attached hydrogen (secondary N) is 1. The molecule has 18 heavy (non-hydrogen) atoms. The number of aromatic nitrogens is 2. The van der Waals surface area contributed by atoms with E-state index in [0.29, 0.717) is 18.1 Å². The predicted molar refractivity (Wildman–Crippen MR) is 67.8 cm³/mol. The Hall–Kier alpha value is -1.73. The average Bonchev–Trinajstić information content (AvgIpc) is 2.38. The first-order valence-electron chi connectivity index (χ1n) is 5.90. The van der Waals surface area contributed by atoms with Gasteiger partial charge in [-0.1, -0.05) is 0 Å². The zero-order chi connectivity index (χ0) is 13.1. The summed E-state index contributed by atoms with van der Waals surface area (Å²) < 4.78 is 0. The van der Waals surface area contributed by atoms with E-state index in [1.807, 2.05) is 11.8 Å². The van der Waals surface area contributed by atoms with Crippen LogP contribution in [-0.2, 0) is 0 Å². The molecule has 0 aromatic carbocycles. The summed E-state index contributed by atoms with van der Waals surface area (Å²) in [6.45, 7) is 4.48. The molecule has 1 amide bonds. The summed E-state index contributed by atoms with van der Waals surface area (Å²) in [5.74, 6) is 5.55. The highest BCUT2D eigenvalue weighted by Crippen LogP contribution is 2.12. The van der Waals surface area contributed by atoms with Crippen molar-refractivity contribution in [2.24, 2.45) is 5.84 Å². The number of hydrogen-bond acceptors (Lipinski definition) is 6. The maximum atomic E-state index is 12.3. The number of hydrazine groups is 1. The van der Waals surface area contributed by atoms with Crippen LogP contribution >= 0.6 is 0 Å². The summed E-state index contributed by atoms with van der Waals surface area (Å²) in [7, 11) is 2.05. The summed E-state index contributed by atoms with van der Waals surface area (Å²) in [5.41, 5.74) is 2.71. The number of nitrogen functional groups attached to an aromatic ring is 1. The Morgan fingerprint density at radius 2 is 2.28 bits per heavy atom. The van der Waals surface area contributed by atoms with Gasteiger partial charge in [-0.15, -0.1) is 0 Å². The molecule has 3 N–H and O–H groups in total. The molecule has 98 valence electrons. The summed E-state index contributed by atoms with van der Waals surface area (Å²) in [6.07, 6.45) is 2.94. The Bertz CT molecular complexity index is 437. The number of carbonyl (C=O) groups is 1. The van der Waals surface area contributed by atoms with Gasteiger partial charge in [0, 0.05) is 25.7 Å². The number of rotatable bonds is 2. The number of piperazine rings is 1. The third-order valence-electron chi connectivity index (χ3n) is 3.09. The van der Waals surface area contributed by atoms with E-state index in [4.69, 9.17) is 5.84 Å². The van der Waals surface area contributed by atoms with Crippen LogP contribution in [0.3, 0.4) is 0 Å². The quantitative estimate of drug-likeness (QED) is 0.545. The fraction of sp³-hybridized carbons (Fsp3) is 0.545. The molecule has 0 bridgehead atoms. The zero-order valence-corrected chi connectivity index (χ0v) is 10.6. The van der Waals surface area contributed by atoms with E-state index >= 15 is 0 Å². The SMILES string of the molecule is CC1CN(C)CCN1C(=O)c1cncc(NN)n1. The van der Waals surface area contributed by atoms with Crippen molar-refractivity contribution in [2.75, 3.05) is 32.1 Å². The van der Waals surface area contributed by atoms with Crippen LogP contribution < -0.4 is 11.3 Å². The Morgan fingerprint density at radius 1 is 1.50 bits per heavy atom. The molecule has 7 nitrogen and oxygen atoms in total. The van der Waals surface area contributed by atoms with Gasteiger partial charge in [-0.2, -0.15) is 0 Å². The van der Waals surface area contributed by atoms with E-state index in [0.717, 1.165) is 13.1 Å². The minimum Gasteiger partial charge on any atom is -0.332 e. The number of nitrogens with zero attached hydrogens (tertiary/aromatic N) is 4. The van der Waals surface area contributed by atoms with Gasteiger partial charge in [-0.3, -0.25) is 9.78 Å². The van der Waals surface area contributed by atoms with Crippen LogP contribution in [0.2, 0.25) is 0 Å². The fourth-order valence-electron chi connectivity index (χ4n) is 2.13. The van der Waals surface area contributed by atoms with Crippen LogP contribution in [0.1, 0.15) is 17.4 Å². The Kier molecular flexibility index (Phi) is 3.73. The molecule has 1 saturated heterocycles. The molecular formula is C11H18N6O. The van der Waals surface area contributed by atoms with Gasteiger partial charge in [0.2, 0.25) is 0 Å². The molecule has 2 heterocycles. The van der Waals surface area contributed by atoms with Gasteiger partial charge in [-0.25, -0.2) is 10.8 Å². The van der Waals surface area contributed by atoms with Gasteiger partial charge in [0.25, 0.3) is 5.91 Å². The molecule has 0 aliphatic carbocycles.